The molecule has 2 aromatic carbocycles. The Morgan fingerprint density at radius 3 is 2.59 bits per heavy atom. The largest absolute Gasteiger partial charge is 0.460 e. The van der Waals surface area contributed by atoms with Crippen LogP contribution in [-0.2, 0) is 0 Å². The fourth-order valence-electron chi connectivity index (χ4n) is 2.84. The van der Waals surface area contributed by atoms with E-state index in [1.807, 2.05) is 13.0 Å². The molecule has 1 N–H and O–H groups in total. The van der Waals surface area contributed by atoms with Gasteiger partial charge in [0.15, 0.2) is 5.76 Å². The number of hydrogen-bond acceptors (Lipinski definition) is 3. The summed E-state index contributed by atoms with van der Waals surface area (Å²) in [6, 6.07) is 15.3. The number of pyridine rings is 1. The highest BCUT2D eigenvalue weighted by Gasteiger charge is 2.17. The van der Waals surface area contributed by atoms with Crippen LogP contribution >= 0.6 is 0 Å². The molecule has 0 aliphatic carbocycles. The molecule has 0 spiro atoms. The lowest BCUT2D eigenvalue weighted by Gasteiger charge is -2.10. The third-order valence-corrected chi connectivity index (χ3v) is 4.13. The predicted molar refractivity (Wildman–Crippen MR) is 98.5 cm³/mol. The number of anilines is 1. The van der Waals surface area contributed by atoms with E-state index in [4.69, 9.17) is 4.42 Å². The molecule has 4 rings (SSSR count). The van der Waals surface area contributed by atoms with Gasteiger partial charge in [0.05, 0.1) is 16.8 Å². The van der Waals surface area contributed by atoms with E-state index in [1.165, 1.54) is 6.07 Å². The minimum Gasteiger partial charge on any atom is -0.460 e. The van der Waals surface area contributed by atoms with Crippen molar-refractivity contribution in [3.63, 3.8) is 0 Å². The highest BCUT2D eigenvalue weighted by Crippen LogP contribution is 2.27. The first kappa shape index (κ1) is 16.9. The molecular weight excluding hydrogens is 350 g/mol. The molecule has 0 saturated carbocycles. The minimum atomic E-state index is -0.844. The molecule has 4 nitrogen and oxygen atoms in total. The van der Waals surface area contributed by atoms with Crippen molar-refractivity contribution in [2.75, 3.05) is 5.32 Å². The summed E-state index contributed by atoms with van der Waals surface area (Å²) >= 11 is 0. The van der Waals surface area contributed by atoms with Gasteiger partial charge in [0, 0.05) is 11.5 Å². The molecule has 6 heteroatoms. The van der Waals surface area contributed by atoms with Crippen LogP contribution in [0.25, 0.3) is 22.4 Å². The average Bonchev–Trinajstić information content (AvgIpc) is 3.09. The van der Waals surface area contributed by atoms with E-state index in [9.17, 15) is 13.6 Å². The zero-order valence-electron chi connectivity index (χ0n) is 14.3. The smallest absolute Gasteiger partial charge is 0.256 e. The molecule has 1 amide bonds. The summed E-state index contributed by atoms with van der Waals surface area (Å²) in [6.07, 6.45) is 0. The quantitative estimate of drug-likeness (QED) is 0.534. The second-order valence-corrected chi connectivity index (χ2v) is 6.06. The maximum absolute atomic E-state index is 13.9. The third kappa shape index (κ3) is 3.29. The molecule has 0 atom stereocenters. The lowest BCUT2D eigenvalue weighted by Crippen LogP contribution is -2.14. The second kappa shape index (κ2) is 6.64. The summed E-state index contributed by atoms with van der Waals surface area (Å²) in [5, 5.41) is 3.11. The number of carbonyl (C=O) groups is 1. The fraction of sp³-hybridized carbons (Fsp3) is 0.0476. The Bertz CT molecular complexity index is 1170. The molecule has 0 radical (unpaired) electrons. The summed E-state index contributed by atoms with van der Waals surface area (Å²) in [5.41, 5.74) is 1.31. The molecular formula is C21H14F2N2O2. The number of aromatic nitrogens is 1. The van der Waals surface area contributed by atoms with E-state index in [2.05, 4.69) is 10.3 Å². The minimum absolute atomic E-state index is 0.0994. The zero-order chi connectivity index (χ0) is 19.0. The van der Waals surface area contributed by atoms with Crippen LogP contribution in [0.1, 0.15) is 16.1 Å². The molecule has 0 aliphatic rings. The number of rotatable bonds is 3. The summed E-state index contributed by atoms with van der Waals surface area (Å²) in [6.45, 7) is 1.81. The van der Waals surface area contributed by atoms with Crippen molar-refractivity contribution in [1.82, 2.24) is 4.98 Å². The number of para-hydroxylation sites is 1. The van der Waals surface area contributed by atoms with Crippen LogP contribution in [0.2, 0.25) is 0 Å². The van der Waals surface area contributed by atoms with Crippen molar-refractivity contribution in [1.29, 1.82) is 0 Å². The van der Waals surface area contributed by atoms with Crippen LogP contribution in [0.5, 0.6) is 0 Å². The molecule has 0 aliphatic heterocycles. The van der Waals surface area contributed by atoms with Crippen molar-refractivity contribution >= 4 is 22.5 Å². The first-order valence-corrected chi connectivity index (χ1v) is 8.24. The number of fused-ring (bicyclic) bond motifs is 1. The summed E-state index contributed by atoms with van der Waals surface area (Å²) in [5.74, 6) is -0.831. The van der Waals surface area contributed by atoms with Crippen LogP contribution in [0.4, 0.5) is 14.5 Å². The van der Waals surface area contributed by atoms with Crippen LogP contribution in [0, 0.1) is 18.6 Å². The van der Waals surface area contributed by atoms with Gasteiger partial charge in [-0.25, -0.2) is 13.8 Å². The van der Waals surface area contributed by atoms with Gasteiger partial charge in [0.1, 0.15) is 23.1 Å². The Morgan fingerprint density at radius 1 is 1.04 bits per heavy atom. The van der Waals surface area contributed by atoms with Gasteiger partial charge in [-0.15, -0.1) is 0 Å². The number of nitrogens with zero attached hydrogens (tertiary/aromatic N) is 1. The topological polar surface area (TPSA) is 55.1 Å². The number of furan rings is 1. The number of benzene rings is 2. The molecule has 2 aromatic heterocycles. The van der Waals surface area contributed by atoms with Crippen molar-refractivity contribution < 1.29 is 18.0 Å². The number of amides is 1. The van der Waals surface area contributed by atoms with E-state index in [0.717, 1.165) is 17.9 Å². The molecule has 0 saturated heterocycles. The molecule has 0 bridgehead atoms. The molecule has 0 unspecified atom stereocenters. The fourth-order valence-corrected chi connectivity index (χ4v) is 2.84. The Labute approximate surface area is 153 Å². The predicted octanol–water partition coefficient (Wildman–Crippen LogP) is 5.33. The number of nitrogens with one attached hydrogen (secondary N) is 1. The van der Waals surface area contributed by atoms with E-state index in [1.54, 1.807) is 36.4 Å². The van der Waals surface area contributed by atoms with Gasteiger partial charge >= 0.3 is 0 Å². The van der Waals surface area contributed by atoms with Crippen LogP contribution in [0.15, 0.2) is 65.1 Å². The van der Waals surface area contributed by atoms with Crippen LogP contribution in [-0.4, -0.2) is 10.9 Å². The second-order valence-electron chi connectivity index (χ2n) is 6.06. The Hall–Kier alpha value is -3.54. The summed E-state index contributed by atoms with van der Waals surface area (Å²) in [4.78, 5) is 17.4. The molecule has 134 valence electrons. The summed E-state index contributed by atoms with van der Waals surface area (Å²) in [7, 11) is 0. The highest BCUT2D eigenvalue weighted by atomic mass is 19.1. The monoisotopic (exact) mass is 364 g/mol. The Balaban J connectivity index is 1.80. The molecule has 0 fully saturated rings. The number of aryl methyl sites for hydroxylation is 1. The standard InChI is InChI=1S/C21H14F2N2O2/c1-12-6-9-20(27-12)19-11-15(14-4-2-3-5-17(14)24-19)21(26)25-18-8-7-13(22)10-16(18)23/h2-11H,1H3,(H,25,26). The number of hydrogen-bond donors (Lipinski definition) is 1. The normalized spacial score (nSPS) is 10.9. The van der Waals surface area contributed by atoms with Crippen molar-refractivity contribution in [3.05, 3.63) is 83.6 Å². The molecule has 4 aromatic rings. The molecule has 2 heterocycles. The highest BCUT2D eigenvalue weighted by molar-refractivity contribution is 6.13. The van der Waals surface area contributed by atoms with Gasteiger partial charge < -0.3 is 9.73 Å². The van der Waals surface area contributed by atoms with Crippen molar-refractivity contribution in [3.8, 4) is 11.5 Å². The lowest BCUT2D eigenvalue weighted by molar-refractivity contribution is 0.102. The maximum atomic E-state index is 13.9. The van der Waals surface area contributed by atoms with E-state index >= 15 is 0 Å². The first-order chi connectivity index (χ1) is 13.0. The van der Waals surface area contributed by atoms with E-state index in [-0.39, 0.29) is 5.69 Å². The number of carbonyl (C=O) groups excluding carboxylic acids is 1. The van der Waals surface area contributed by atoms with Gasteiger partial charge in [-0.2, -0.15) is 0 Å². The van der Waals surface area contributed by atoms with Crippen molar-refractivity contribution in [2.24, 2.45) is 0 Å². The van der Waals surface area contributed by atoms with Gasteiger partial charge in [0.2, 0.25) is 0 Å². The first-order valence-electron chi connectivity index (χ1n) is 8.24. The van der Waals surface area contributed by atoms with Crippen LogP contribution in [0.3, 0.4) is 0 Å². The number of halogens is 2. The maximum Gasteiger partial charge on any atom is 0.256 e. The Kier molecular flexibility index (Phi) is 4.16. The third-order valence-electron chi connectivity index (χ3n) is 4.13. The SMILES string of the molecule is Cc1ccc(-c2cc(C(=O)Nc3ccc(F)cc3F)c3ccccc3n2)o1. The zero-order valence-corrected chi connectivity index (χ0v) is 14.3. The Morgan fingerprint density at radius 2 is 1.85 bits per heavy atom. The van der Waals surface area contributed by atoms with Crippen molar-refractivity contribution in [2.45, 2.75) is 6.92 Å². The average molecular weight is 364 g/mol. The lowest BCUT2D eigenvalue weighted by atomic mass is 10.1. The van der Waals surface area contributed by atoms with Gasteiger partial charge in [-0.05, 0) is 43.3 Å². The van der Waals surface area contributed by atoms with Crippen LogP contribution < -0.4 is 5.32 Å². The van der Waals surface area contributed by atoms with E-state index in [0.29, 0.717) is 27.9 Å². The van der Waals surface area contributed by atoms with E-state index < -0.39 is 17.5 Å². The van der Waals surface area contributed by atoms with Gasteiger partial charge in [-0.3, -0.25) is 4.79 Å². The van der Waals surface area contributed by atoms with Gasteiger partial charge in [-0.1, -0.05) is 18.2 Å². The van der Waals surface area contributed by atoms with Gasteiger partial charge in [0.25, 0.3) is 5.91 Å². The molecule has 27 heavy (non-hydrogen) atoms. The summed E-state index contributed by atoms with van der Waals surface area (Å²) < 4.78 is 32.6.